The fraction of sp³-hybridized carbons (Fsp3) is 0.174. The molecule has 3 aromatic carbocycles. The lowest BCUT2D eigenvalue weighted by Gasteiger charge is -2.30. The van der Waals surface area contributed by atoms with Crippen LogP contribution in [0.15, 0.2) is 65.6 Å². The minimum absolute atomic E-state index is 0.0642. The fourth-order valence-corrected chi connectivity index (χ4v) is 4.95. The molecule has 9 heteroatoms. The average Bonchev–Trinajstić information content (AvgIpc) is 2.78. The maximum atomic E-state index is 13.2. The number of hydrogen-bond acceptors (Lipinski definition) is 4. The lowest BCUT2D eigenvalue weighted by molar-refractivity contribution is 0.0985. The Balaban J connectivity index is 1.64. The Bertz CT molecular complexity index is 1280. The van der Waals surface area contributed by atoms with Crippen LogP contribution in [0.1, 0.15) is 22.3 Å². The molecule has 0 atom stereocenters. The molecule has 1 aliphatic heterocycles. The number of carbonyl (C=O) groups is 1. The van der Waals surface area contributed by atoms with E-state index in [4.69, 9.17) is 16.3 Å². The first kappa shape index (κ1) is 22.1. The van der Waals surface area contributed by atoms with E-state index < -0.39 is 15.8 Å². The summed E-state index contributed by atoms with van der Waals surface area (Å²) in [6.07, 6.45) is 1.31. The van der Waals surface area contributed by atoms with Gasteiger partial charge in [-0.15, -0.1) is 0 Å². The number of halogens is 2. The van der Waals surface area contributed by atoms with E-state index in [1.807, 2.05) is 0 Å². The van der Waals surface area contributed by atoms with Crippen LogP contribution in [-0.2, 0) is 16.4 Å². The SMILES string of the molecule is COc1ccc(Cl)cc1NS(=O)(=O)c1ccc2c(c1)CCCN2C(=O)c1ccc(F)cc1. The summed E-state index contributed by atoms with van der Waals surface area (Å²) in [6, 6.07) is 14.6. The number of hydrogen-bond donors (Lipinski definition) is 1. The Morgan fingerprint density at radius 3 is 2.56 bits per heavy atom. The number of aryl methyl sites for hydroxylation is 1. The van der Waals surface area contributed by atoms with Crippen molar-refractivity contribution in [3.63, 3.8) is 0 Å². The highest BCUT2D eigenvalue weighted by Crippen LogP contribution is 2.33. The lowest BCUT2D eigenvalue weighted by Crippen LogP contribution is -2.35. The molecule has 0 radical (unpaired) electrons. The van der Waals surface area contributed by atoms with Crippen molar-refractivity contribution in [2.45, 2.75) is 17.7 Å². The molecule has 6 nitrogen and oxygen atoms in total. The number of amides is 1. The molecule has 0 aromatic heterocycles. The molecule has 1 heterocycles. The third-order valence-corrected chi connectivity index (χ3v) is 6.82. The predicted octanol–water partition coefficient (Wildman–Crippen LogP) is 4.88. The van der Waals surface area contributed by atoms with Gasteiger partial charge in [0.2, 0.25) is 0 Å². The van der Waals surface area contributed by atoms with Crippen molar-refractivity contribution in [3.05, 3.63) is 82.6 Å². The third-order valence-electron chi connectivity index (χ3n) is 5.22. The van der Waals surface area contributed by atoms with E-state index in [2.05, 4.69) is 4.72 Å². The van der Waals surface area contributed by atoms with Crippen molar-refractivity contribution >= 4 is 38.9 Å². The van der Waals surface area contributed by atoms with Gasteiger partial charge in [0.25, 0.3) is 15.9 Å². The van der Waals surface area contributed by atoms with Gasteiger partial charge in [0.05, 0.1) is 17.7 Å². The fourth-order valence-electron chi connectivity index (χ4n) is 3.66. The number of fused-ring (bicyclic) bond motifs is 1. The minimum Gasteiger partial charge on any atom is -0.495 e. The van der Waals surface area contributed by atoms with Gasteiger partial charge < -0.3 is 9.64 Å². The maximum Gasteiger partial charge on any atom is 0.262 e. The quantitative estimate of drug-likeness (QED) is 0.571. The van der Waals surface area contributed by atoms with Crippen LogP contribution in [0.4, 0.5) is 15.8 Å². The van der Waals surface area contributed by atoms with Gasteiger partial charge >= 0.3 is 0 Å². The number of nitrogens with one attached hydrogen (secondary N) is 1. The van der Waals surface area contributed by atoms with Crippen molar-refractivity contribution in [1.29, 1.82) is 0 Å². The molecule has 0 bridgehead atoms. The number of nitrogens with zero attached hydrogens (tertiary/aromatic N) is 1. The van der Waals surface area contributed by atoms with Gasteiger partial charge in [0, 0.05) is 22.8 Å². The van der Waals surface area contributed by atoms with E-state index >= 15 is 0 Å². The van der Waals surface area contributed by atoms with Crippen molar-refractivity contribution < 1.29 is 22.3 Å². The second-order valence-electron chi connectivity index (χ2n) is 7.31. The number of benzene rings is 3. The molecule has 0 aliphatic carbocycles. The first-order chi connectivity index (χ1) is 15.3. The number of ether oxygens (including phenoxy) is 1. The molecule has 1 amide bonds. The third kappa shape index (κ3) is 4.42. The number of methoxy groups -OCH3 is 1. The standard InChI is InChI=1S/C23H20ClFN2O4S/c1-31-22-11-6-17(24)14-20(22)26-32(29,30)19-9-10-21-16(13-19)3-2-12-27(21)23(28)15-4-7-18(25)8-5-15/h4-11,13-14,26H,2-3,12H2,1H3. The predicted molar refractivity (Wildman–Crippen MR) is 122 cm³/mol. The highest BCUT2D eigenvalue weighted by atomic mass is 35.5. The van der Waals surface area contributed by atoms with Crippen molar-refractivity contribution in [2.75, 3.05) is 23.3 Å². The molecule has 0 saturated heterocycles. The van der Waals surface area contributed by atoms with E-state index in [0.29, 0.717) is 41.4 Å². The Hall–Kier alpha value is -3.10. The lowest BCUT2D eigenvalue weighted by atomic mass is 10.0. The van der Waals surface area contributed by atoms with Gasteiger partial charge in [0.15, 0.2) is 0 Å². The normalized spacial score (nSPS) is 13.4. The number of rotatable bonds is 5. The summed E-state index contributed by atoms with van der Waals surface area (Å²) in [7, 11) is -2.49. The highest BCUT2D eigenvalue weighted by molar-refractivity contribution is 7.92. The van der Waals surface area contributed by atoms with Gasteiger partial charge in [-0.3, -0.25) is 9.52 Å². The van der Waals surface area contributed by atoms with Gasteiger partial charge in [-0.05, 0) is 79.1 Å². The molecule has 3 aromatic rings. The molecule has 1 aliphatic rings. The summed E-state index contributed by atoms with van der Waals surface area (Å²) in [5.41, 5.74) is 1.98. The molecular weight excluding hydrogens is 455 g/mol. The second-order valence-corrected chi connectivity index (χ2v) is 9.43. The Labute approximate surface area is 190 Å². The van der Waals surface area contributed by atoms with Crippen LogP contribution in [-0.4, -0.2) is 28.0 Å². The highest BCUT2D eigenvalue weighted by Gasteiger charge is 2.26. The molecule has 4 rings (SSSR count). The first-order valence-corrected chi connectivity index (χ1v) is 11.7. The van der Waals surface area contributed by atoms with Crippen LogP contribution in [0.2, 0.25) is 5.02 Å². The molecule has 0 fully saturated rings. The number of anilines is 2. The van der Waals surface area contributed by atoms with E-state index in [0.717, 1.165) is 5.56 Å². The molecule has 0 saturated carbocycles. The summed E-state index contributed by atoms with van der Waals surface area (Å²) in [5.74, 6) is -0.338. The zero-order chi connectivity index (χ0) is 22.9. The van der Waals surface area contributed by atoms with Crippen LogP contribution in [0, 0.1) is 5.82 Å². The van der Waals surface area contributed by atoms with E-state index in [1.54, 1.807) is 29.2 Å². The summed E-state index contributed by atoms with van der Waals surface area (Å²) < 4.78 is 47.0. The number of carbonyl (C=O) groups excluding carboxylic acids is 1. The second kappa shape index (κ2) is 8.80. The zero-order valence-corrected chi connectivity index (χ0v) is 18.7. The van der Waals surface area contributed by atoms with Crippen LogP contribution >= 0.6 is 11.6 Å². The molecular formula is C23H20ClFN2O4S. The average molecular weight is 475 g/mol. The van der Waals surface area contributed by atoms with Crippen molar-refractivity contribution in [3.8, 4) is 5.75 Å². The van der Waals surface area contributed by atoms with Crippen LogP contribution in [0.3, 0.4) is 0 Å². The van der Waals surface area contributed by atoms with E-state index in [9.17, 15) is 17.6 Å². The van der Waals surface area contributed by atoms with Crippen molar-refractivity contribution in [1.82, 2.24) is 0 Å². The molecule has 0 spiro atoms. The first-order valence-electron chi connectivity index (χ1n) is 9.85. The Kier molecular flexibility index (Phi) is 6.08. The Morgan fingerprint density at radius 1 is 1.09 bits per heavy atom. The monoisotopic (exact) mass is 474 g/mol. The summed E-state index contributed by atoms with van der Waals surface area (Å²) in [4.78, 5) is 14.6. The maximum absolute atomic E-state index is 13.2. The summed E-state index contributed by atoms with van der Waals surface area (Å²) >= 11 is 6.00. The van der Waals surface area contributed by atoms with Crippen LogP contribution in [0.25, 0.3) is 0 Å². The van der Waals surface area contributed by atoms with Crippen LogP contribution in [0.5, 0.6) is 5.75 Å². The zero-order valence-electron chi connectivity index (χ0n) is 17.1. The van der Waals surface area contributed by atoms with Gasteiger partial charge in [-0.1, -0.05) is 11.6 Å². The molecule has 166 valence electrons. The van der Waals surface area contributed by atoms with Gasteiger partial charge in [0.1, 0.15) is 11.6 Å². The molecule has 0 unspecified atom stereocenters. The van der Waals surface area contributed by atoms with Gasteiger partial charge in [-0.25, -0.2) is 12.8 Å². The topological polar surface area (TPSA) is 75.7 Å². The molecule has 32 heavy (non-hydrogen) atoms. The van der Waals surface area contributed by atoms with E-state index in [1.165, 1.54) is 43.5 Å². The van der Waals surface area contributed by atoms with Crippen molar-refractivity contribution in [2.24, 2.45) is 0 Å². The summed E-state index contributed by atoms with van der Waals surface area (Å²) in [6.45, 7) is 0.493. The van der Waals surface area contributed by atoms with E-state index in [-0.39, 0.29) is 16.5 Å². The van der Waals surface area contributed by atoms with Crippen LogP contribution < -0.4 is 14.4 Å². The minimum atomic E-state index is -3.92. The summed E-state index contributed by atoms with van der Waals surface area (Å²) in [5, 5.41) is 0.365. The Morgan fingerprint density at radius 2 is 1.84 bits per heavy atom. The largest absolute Gasteiger partial charge is 0.495 e. The van der Waals surface area contributed by atoms with Gasteiger partial charge in [-0.2, -0.15) is 0 Å². The number of sulfonamides is 1. The smallest absolute Gasteiger partial charge is 0.262 e. The molecule has 1 N–H and O–H groups in total.